The molecule has 0 radical (unpaired) electrons. The molecule has 0 fully saturated rings. The molecule has 3 N–H and O–H groups in total. The Bertz CT molecular complexity index is 1140. The van der Waals surface area contributed by atoms with Gasteiger partial charge in [0.1, 0.15) is 0 Å². The number of unbranched alkanes of at least 4 members (excludes halogenated alkanes) is 2. The molecule has 2 aromatic carbocycles. The summed E-state index contributed by atoms with van der Waals surface area (Å²) in [7, 11) is 0. The zero-order chi connectivity index (χ0) is 20.6. The Morgan fingerprint density at radius 3 is 2.63 bits per heavy atom. The van der Waals surface area contributed by atoms with Crippen molar-refractivity contribution in [1.82, 2.24) is 15.5 Å². The zero-order valence-electron chi connectivity index (χ0n) is 16.9. The lowest BCUT2D eigenvalue weighted by Gasteiger charge is -2.10. The predicted octanol–water partition coefficient (Wildman–Crippen LogP) is 5.02. The average molecular weight is 419 g/mol. The van der Waals surface area contributed by atoms with Crippen molar-refractivity contribution in [3.05, 3.63) is 81.3 Å². The van der Waals surface area contributed by atoms with Gasteiger partial charge in [-0.25, -0.2) is 5.10 Å². The molecular formula is C24H26N4OS. The monoisotopic (exact) mass is 418 g/mol. The second kappa shape index (κ2) is 10.2. The topological polar surface area (TPSA) is 69.8 Å². The molecule has 0 unspecified atom stereocenters. The van der Waals surface area contributed by atoms with E-state index in [2.05, 4.69) is 50.5 Å². The molecule has 0 spiro atoms. The molecule has 0 atom stereocenters. The SMILES string of the molecule is O=c1[nH]nc(-c2cccc(NCCCCCNCc3cccs3)c2)c2ccccc12. The molecule has 0 aliphatic carbocycles. The highest BCUT2D eigenvalue weighted by Crippen LogP contribution is 2.26. The van der Waals surface area contributed by atoms with Gasteiger partial charge < -0.3 is 10.6 Å². The lowest BCUT2D eigenvalue weighted by atomic mass is 10.0. The molecule has 0 amide bonds. The molecule has 2 heterocycles. The number of thiophene rings is 1. The molecule has 0 saturated carbocycles. The zero-order valence-corrected chi connectivity index (χ0v) is 17.7. The molecule has 4 rings (SSSR count). The Morgan fingerprint density at radius 2 is 1.77 bits per heavy atom. The van der Waals surface area contributed by atoms with Gasteiger partial charge in [-0.05, 0) is 49.0 Å². The standard InChI is InChI=1S/C24H26N4OS/c29-24-22-12-3-2-11-21(22)23(27-28-24)18-8-6-9-19(16-18)26-14-5-1-4-13-25-17-20-10-7-15-30-20/h2-3,6-12,15-16,25-26H,1,4-5,13-14,17H2,(H,28,29). The van der Waals surface area contributed by atoms with Gasteiger partial charge in [0.15, 0.2) is 0 Å². The van der Waals surface area contributed by atoms with Crippen LogP contribution in [0.2, 0.25) is 0 Å². The highest BCUT2D eigenvalue weighted by atomic mass is 32.1. The maximum absolute atomic E-state index is 12.0. The number of hydrogen-bond acceptors (Lipinski definition) is 5. The number of hydrogen-bond donors (Lipinski definition) is 3. The Hall–Kier alpha value is -2.96. The van der Waals surface area contributed by atoms with Gasteiger partial charge >= 0.3 is 0 Å². The predicted molar refractivity (Wildman–Crippen MR) is 126 cm³/mol. The van der Waals surface area contributed by atoms with Crippen LogP contribution in [0, 0.1) is 0 Å². The number of rotatable bonds is 10. The van der Waals surface area contributed by atoms with E-state index in [9.17, 15) is 4.79 Å². The van der Waals surface area contributed by atoms with Gasteiger partial charge in [0.05, 0.1) is 11.1 Å². The van der Waals surface area contributed by atoms with Crippen molar-refractivity contribution >= 4 is 27.8 Å². The summed E-state index contributed by atoms with van der Waals surface area (Å²) in [5.74, 6) is 0. The van der Waals surface area contributed by atoms with Gasteiger partial charge in [-0.1, -0.05) is 42.8 Å². The summed E-state index contributed by atoms with van der Waals surface area (Å²) in [6.07, 6.45) is 3.50. The minimum absolute atomic E-state index is 0.159. The number of aromatic nitrogens is 2. The van der Waals surface area contributed by atoms with Gasteiger partial charge in [-0.3, -0.25) is 4.79 Å². The van der Waals surface area contributed by atoms with Crippen LogP contribution in [-0.4, -0.2) is 23.3 Å². The number of fused-ring (bicyclic) bond motifs is 1. The fourth-order valence-corrected chi connectivity index (χ4v) is 4.19. The highest BCUT2D eigenvalue weighted by Gasteiger charge is 2.08. The second-order valence-corrected chi connectivity index (χ2v) is 8.30. The minimum Gasteiger partial charge on any atom is -0.385 e. The van der Waals surface area contributed by atoms with Crippen molar-refractivity contribution in [1.29, 1.82) is 0 Å². The number of aromatic amines is 1. The van der Waals surface area contributed by atoms with Crippen LogP contribution in [-0.2, 0) is 6.54 Å². The fourth-order valence-electron chi connectivity index (χ4n) is 3.52. The first-order valence-electron chi connectivity index (χ1n) is 10.4. The van der Waals surface area contributed by atoms with Gasteiger partial charge in [-0.15, -0.1) is 11.3 Å². The summed E-state index contributed by atoms with van der Waals surface area (Å²) in [6.45, 7) is 2.96. The van der Waals surface area contributed by atoms with E-state index in [1.807, 2.05) is 36.4 Å². The van der Waals surface area contributed by atoms with Crippen LogP contribution in [0.4, 0.5) is 5.69 Å². The Labute approximate surface area is 180 Å². The maximum Gasteiger partial charge on any atom is 0.272 e. The molecule has 0 aliphatic heterocycles. The third kappa shape index (κ3) is 5.14. The van der Waals surface area contributed by atoms with Crippen LogP contribution < -0.4 is 16.2 Å². The molecule has 0 saturated heterocycles. The van der Waals surface area contributed by atoms with E-state index in [-0.39, 0.29) is 5.56 Å². The summed E-state index contributed by atoms with van der Waals surface area (Å²) in [5, 5.41) is 17.6. The van der Waals surface area contributed by atoms with E-state index in [0.717, 1.165) is 48.4 Å². The molecule has 0 aliphatic rings. The lowest BCUT2D eigenvalue weighted by molar-refractivity contribution is 0.614. The van der Waals surface area contributed by atoms with Crippen molar-refractivity contribution in [2.75, 3.05) is 18.4 Å². The molecule has 2 aromatic heterocycles. The summed E-state index contributed by atoms with van der Waals surface area (Å²) < 4.78 is 0. The highest BCUT2D eigenvalue weighted by molar-refractivity contribution is 7.09. The average Bonchev–Trinajstić information content (AvgIpc) is 3.30. The lowest BCUT2D eigenvalue weighted by Crippen LogP contribution is -2.14. The van der Waals surface area contributed by atoms with Gasteiger partial charge in [0.25, 0.3) is 5.56 Å². The van der Waals surface area contributed by atoms with E-state index in [1.54, 1.807) is 11.3 Å². The summed E-state index contributed by atoms with van der Waals surface area (Å²) in [4.78, 5) is 13.4. The summed E-state index contributed by atoms with van der Waals surface area (Å²) in [5.41, 5.74) is 2.70. The first-order chi connectivity index (χ1) is 14.8. The largest absolute Gasteiger partial charge is 0.385 e. The molecule has 0 bridgehead atoms. The number of nitrogens with one attached hydrogen (secondary N) is 3. The van der Waals surface area contributed by atoms with E-state index in [0.29, 0.717) is 5.39 Å². The molecule has 4 aromatic rings. The van der Waals surface area contributed by atoms with Crippen LogP contribution in [0.15, 0.2) is 70.8 Å². The third-order valence-electron chi connectivity index (χ3n) is 5.07. The third-order valence-corrected chi connectivity index (χ3v) is 5.95. The van der Waals surface area contributed by atoms with Gasteiger partial charge in [0.2, 0.25) is 0 Å². The van der Waals surface area contributed by atoms with Crippen LogP contribution in [0.1, 0.15) is 24.1 Å². The Morgan fingerprint density at radius 1 is 0.900 bits per heavy atom. The number of benzene rings is 2. The first-order valence-corrected chi connectivity index (χ1v) is 11.2. The molecule has 30 heavy (non-hydrogen) atoms. The first kappa shape index (κ1) is 20.3. The van der Waals surface area contributed by atoms with E-state index < -0.39 is 0 Å². The van der Waals surface area contributed by atoms with E-state index >= 15 is 0 Å². The van der Waals surface area contributed by atoms with Crippen LogP contribution in [0.3, 0.4) is 0 Å². The number of anilines is 1. The normalized spacial score (nSPS) is 11.1. The second-order valence-electron chi connectivity index (χ2n) is 7.27. The molecule has 5 nitrogen and oxygen atoms in total. The van der Waals surface area contributed by atoms with E-state index in [1.165, 1.54) is 17.7 Å². The minimum atomic E-state index is -0.159. The Balaban J connectivity index is 1.27. The molecule has 154 valence electrons. The smallest absolute Gasteiger partial charge is 0.272 e. The van der Waals surface area contributed by atoms with Crippen LogP contribution in [0.25, 0.3) is 22.0 Å². The van der Waals surface area contributed by atoms with Crippen molar-refractivity contribution < 1.29 is 0 Å². The van der Waals surface area contributed by atoms with Crippen molar-refractivity contribution in [2.24, 2.45) is 0 Å². The summed E-state index contributed by atoms with van der Waals surface area (Å²) in [6, 6.07) is 20.1. The van der Waals surface area contributed by atoms with Crippen LogP contribution >= 0.6 is 11.3 Å². The van der Waals surface area contributed by atoms with Gasteiger partial charge in [-0.2, -0.15) is 5.10 Å². The fraction of sp³-hybridized carbons (Fsp3) is 0.250. The number of H-pyrrole nitrogens is 1. The Kier molecular flexibility index (Phi) is 6.90. The van der Waals surface area contributed by atoms with Crippen molar-refractivity contribution in [3.63, 3.8) is 0 Å². The summed E-state index contributed by atoms with van der Waals surface area (Å²) >= 11 is 1.80. The number of nitrogens with zero attached hydrogens (tertiary/aromatic N) is 1. The molecule has 6 heteroatoms. The van der Waals surface area contributed by atoms with Crippen molar-refractivity contribution in [2.45, 2.75) is 25.8 Å². The van der Waals surface area contributed by atoms with Crippen LogP contribution in [0.5, 0.6) is 0 Å². The van der Waals surface area contributed by atoms with E-state index in [4.69, 9.17) is 0 Å². The van der Waals surface area contributed by atoms with Crippen molar-refractivity contribution in [3.8, 4) is 11.3 Å². The quantitative estimate of drug-likeness (QED) is 0.316. The van der Waals surface area contributed by atoms with Gasteiger partial charge in [0, 0.05) is 34.6 Å². The molecular weight excluding hydrogens is 392 g/mol. The maximum atomic E-state index is 12.0.